The monoisotopic (exact) mass is 506 g/mol. The Bertz CT molecular complexity index is 1040. The Morgan fingerprint density at radius 1 is 0.778 bits per heavy atom. The van der Waals surface area contributed by atoms with Gasteiger partial charge >= 0.3 is 0 Å². The molecule has 0 saturated carbocycles. The smallest absolute Gasteiger partial charge is 0.229 e. The lowest BCUT2D eigenvalue weighted by molar-refractivity contribution is -0.344. The van der Waals surface area contributed by atoms with Crippen LogP contribution in [0.25, 0.3) is 12.2 Å². The van der Waals surface area contributed by atoms with Crippen LogP contribution in [-0.2, 0) is 14.2 Å². The first-order valence-corrected chi connectivity index (χ1v) is 11.4. The number of aliphatic hydroxyl groups is 5. The summed E-state index contributed by atoms with van der Waals surface area (Å²) in [4.78, 5) is 0. The SMILES string of the molecule is C[C@@H]1O[C@@H](O[C@H]2[C@H](Oc3cc(O)cc(/C=C/c4ccc(O)cc4)c3)OC[C@@H](O)[C@@H]2O)[C@H](O)[C@H](O)[C@H]1O. The highest BCUT2D eigenvalue weighted by Crippen LogP contribution is 2.30. The summed E-state index contributed by atoms with van der Waals surface area (Å²) in [5, 5.41) is 70.5. The fourth-order valence-corrected chi connectivity index (χ4v) is 3.98. The number of ether oxygens (including phenoxy) is 4. The van der Waals surface area contributed by atoms with Crippen LogP contribution in [0.5, 0.6) is 17.2 Å². The molecule has 0 bridgehead atoms. The molecule has 2 saturated heterocycles. The molecule has 9 atom stereocenters. The number of aliphatic hydroxyl groups excluding tert-OH is 5. The normalized spacial score (nSPS) is 35.1. The highest BCUT2D eigenvalue weighted by atomic mass is 16.7. The molecular weight excluding hydrogens is 476 g/mol. The van der Waals surface area contributed by atoms with Gasteiger partial charge < -0.3 is 54.7 Å². The summed E-state index contributed by atoms with van der Waals surface area (Å²) in [6.07, 6.45) is -8.85. The number of aromatic hydroxyl groups is 2. The van der Waals surface area contributed by atoms with Gasteiger partial charge in [-0.1, -0.05) is 24.3 Å². The Morgan fingerprint density at radius 2 is 1.47 bits per heavy atom. The Morgan fingerprint density at radius 3 is 2.19 bits per heavy atom. The molecule has 0 aromatic heterocycles. The van der Waals surface area contributed by atoms with Gasteiger partial charge in [0.1, 0.15) is 47.8 Å². The van der Waals surface area contributed by atoms with Crippen LogP contribution in [0.1, 0.15) is 18.1 Å². The topological polar surface area (TPSA) is 179 Å². The standard InChI is InChI=1S/C25H30O11/c1-12-19(29)21(31)22(32)24(34-12)36-23-20(30)18(28)11-33-25(23)35-17-9-14(8-16(27)10-17)3-2-13-4-6-15(26)7-5-13/h2-10,12,18-32H,11H2,1H3/b3-2+/t12-,18+,19-,20-,21+,22+,23+,24-,25-/m0/s1. The second-order valence-corrected chi connectivity index (χ2v) is 8.84. The molecule has 196 valence electrons. The van der Waals surface area contributed by atoms with E-state index < -0.39 is 55.3 Å². The van der Waals surface area contributed by atoms with Crippen LogP contribution in [0.4, 0.5) is 0 Å². The summed E-state index contributed by atoms with van der Waals surface area (Å²) >= 11 is 0. The maximum atomic E-state index is 10.6. The van der Waals surface area contributed by atoms with Gasteiger partial charge in [0.15, 0.2) is 12.4 Å². The van der Waals surface area contributed by atoms with Crippen molar-refractivity contribution >= 4 is 12.2 Å². The fourth-order valence-electron chi connectivity index (χ4n) is 3.98. The van der Waals surface area contributed by atoms with E-state index in [2.05, 4.69) is 0 Å². The Balaban J connectivity index is 1.51. The zero-order valence-corrected chi connectivity index (χ0v) is 19.4. The van der Waals surface area contributed by atoms with Crippen LogP contribution in [-0.4, -0.2) is 97.7 Å². The van der Waals surface area contributed by atoms with E-state index in [-0.39, 0.29) is 23.9 Å². The van der Waals surface area contributed by atoms with E-state index in [9.17, 15) is 35.7 Å². The molecule has 11 nitrogen and oxygen atoms in total. The van der Waals surface area contributed by atoms with Crippen molar-refractivity contribution in [1.82, 2.24) is 0 Å². The zero-order chi connectivity index (χ0) is 26.0. The van der Waals surface area contributed by atoms with E-state index in [0.717, 1.165) is 5.56 Å². The molecule has 0 spiro atoms. The van der Waals surface area contributed by atoms with Crippen molar-refractivity contribution in [3.8, 4) is 17.2 Å². The van der Waals surface area contributed by atoms with E-state index in [4.69, 9.17) is 18.9 Å². The number of hydrogen-bond acceptors (Lipinski definition) is 11. The first kappa shape index (κ1) is 26.3. The van der Waals surface area contributed by atoms with Crippen LogP contribution >= 0.6 is 0 Å². The minimum Gasteiger partial charge on any atom is -0.508 e. The van der Waals surface area contributed by atoms with Gasteiger partial charge in [-0.15, -0.1) is 0 Å². The van der Waals surface area contributed by atoms with Gasteiger partial charge in [-0.2, -0.15) is 0 Å². The van der Waals surface area contributed by atoms with Crippen molar-refractivity contribution in [2.75, 3.05) is 6.61 Å². The third kappa shape index (κ3) is 5.97. The molecule has 0 amide bonds. The molecule has 2 aromatic rings. The molecule has 4 rings (SSSR count). The van der Waals surface area contributed by atoms with Crippen molar-refractivity contribution in [3.05, 3.63) is 53.6 Å². The van der Waals surface area contributed by atoms with Crippen LogP contribution in [0.2, 0.25) is 0 Å². The molecular formula is C25H30O11. The number of phenolic OH excluding ortho intramolecular Hbond substituents is 2. The largest absolute Gasteiger partial charge is 0.508 e. The molecule has 2 aromatic carbocycles. The predicted octanol–water partition coefficient (Wildman–Crippen LogP) is -0.0622. The number of hydrogen-bond donors (Lipinski definition) is 7. The molecule has 2 aliphatic rings. The molecule has 2 fully saturated rings. The van der Waals surface area contributed by atoms with Gasteiger partial charge in [-0.05, 0) is 42.3 Å². The average Bonchev–Trinajstić information content (AvgIpc) is 2.84. The van der Waals surface area contributed by atoms with Gasteiger partial charge in [0.25, 0.3) is 0 Å². The number of benzene rings is 2. The minimum atomic E-state index is -1.64. The number of phenols is 2. The van der Waals surface area contributed by atoms with Gasteiger partial charge in [0.05, 0.1) is 12.7 Å². The van der Waals surface area contributed by atoms with Crippen LogP contribution in [0.3, 0.4) is 0 Å². The summed E-state index contributed by atoms with van der Waals surface area (Å²) in [6.45, 7) is 1.21. The molecule has 11 heteroatoms. The van der Waals surface area contributed by atoms with Crippen LogP contribution in [0.15, 0.2) is 42.5 Å². The average molecular weight is 507 g/mol. The Kier molecular flexibility index (Phi) is 8.13. The highest BCUT2D eigenvalue weighted by molar-refractivity contribution is 5.71. The van der Waals surface area contributed by atoms with Gasteiger partial charge in [0.2, 0.25) is 6.29 Å². The lowest BCUT2D eigenvalue weighted by atomic mass is 9.99. The third-order valence-corrected chi connectivity index (χ3v) is 6.06. The second-order valence-electron chi connectivity index (χ2n) is 8.84. The summed E-state index contributed by atoms with van der Waals surface area (Å²) in [6, 6.07) is 10.9. The van der Waals surface area contributed by atoms with Gasteiger partial charge in [-0.3, -0.25) is 0 Å². The van der Waals surface area contributed by atoms with E-state index in [1.54, 1.807) is 42.5 Å². The highest BCUT2D eigenvalue weighted by Gasteiger charge is 2.48. The van der Waals surface area contributed by atoms with E-state index >= 15 is 0 Å². The van der Waals surface area contributed by atoms with Crippen molar-refractivity contribution in [2.45, 2.75) is 62.2 Å². The Hall–Kier alpha value is -2.74. The quantitative estimate of drug-likeness (QED) is 0.261. The van der Waals surface area contributed by atoms with E-state index in [1.807, 2.05) is 0 Å². The number of rotatable bonds is 6. The third-order valence-electron chi connectivity index (χ3n) is 6.06. The lowest BCUT2D eigenvalue weighted by Crippen LogP contribution is -2.62. The summed E-state index contributed by atoms with van der Waals surface area (Å²) in [5.41, 5.74) is 1.39. The van der Waals surface area contributed by atoms with Crippen molar-refractivity contribution < 1.29 is 54.7 Å². The second kappa shape index (κ2) is 11.1. The minimum absolute atomic E-state index is 0.108. The van der Waals surface area contributed by atoms with E-state index in [1.165, 1.54) is 19.1 Å². The first-order valence-electron chi connectivity index (χ1n) is 11.4. The van der Waals surface area contributed by atoms with Crippen molar-refractivity contribution in [1.29, 1.82) is 0 Å². The zero-order valence-electron chi connectivity index (χ0n) is 19.4. The molecule has 0 unspecified atom stereocenters. The van der Waals surface area contributed by atoms with Crippen molar-refractivity contribution in [2.24, 2.45) is 0 Å². The van der Waals surface area contributed by atoms with Crippen LogP contribution in [0, 0.1) is 0 Å². The predicted molar refractivity (Wildman–Crippen MR) is 125 cm³/mol. The lowest BCUT2D eigenvalue weighted by Gasteiger charge is -2.43. The summed E-state index contributed by atoms with van der Waals surface area (Å²) in [7, 11) is 0. The summed E-state index contributed by atoms with van der Waals surface area (Å²) < 4.78 is 22.5. The molecule has 2 aliphatic heterocycles. The first-order chi connectivity index (χ1) is 17.1. The molecule has 7 N–H and O–H groups in total. The molecule has 0 aliphatic carbocycles. The van der Waals surface area contributed by atoms with Crippen molar-refractivity contribution in [3.63, 3.8) is 0 Å². The maximum Gasteiger partial charge on any atom is 0.229 e. The molecule has 36 heavy (non-hydrogen) atoms. The molecule has 2 heterocycles. The fraction of sp³-hybridized carbons (Fsp3) is 0.440. The van der Waals surface area contributed by atoms with Crippen LogP contribution < -0.4 is 4.74 Å². The maximum absolute atomic E-state index is 10.6. The van der Waals surface area contributed by atoms with Gasteiger partial charge in [0, 0.05) is 6.07 Å². The Labute approximate surface area is 207 Å². The van der Waals surface area contributed by atoms with E-state index in [0.29, 0.717) is 5.56 Å². The molecule has 0 radical (unpaired) electrons. The van der Waals surface area contributed by atoms with Gasteiger partial charge in [-0.25, -0.2) is 0 Å². The summed E-state index contributed by atoms with van der Waals surface area (Å²) in [5.74, 6) is 0.197.